The normalized spacial score (nSPS) is 11.8. The zero-order chi connectivity index (χ0) is 15.3. The highest BCUT2D eigenvalue weighted by atomic mass is 32.2. The molecule has 0 aromatic heterocycles. The molecule has 0 unspecified atom stereocenters. The molecule has 0 fully saturated rings. The van der Waals surface area contributed by atoms with Gasteiger partial charge in [0, 0.05) is 19.2 Å². The second-order valence-electron chi connectivity index (χ2n) is 4.51. The van der Waals surface area contributed by atoms with Crippen LogP contribution in [0, 0.1) is 17.1 Å². The first-order chi connectivity index (χ1) is 9.36. The van der Waals surface area contributed by atoms with E-state index in [1.807, 2.05) is 0 Å². The highest BCUT2D eigenvalue weighted by Gasteiger charge is 2.29. The molecule has 7 heteroatoms. The Kier molecular flexibility index (Phi) is 5.62. The van der Waals surface area contributed by atoms with Crippen LogP contribution in [-0.4, -0.2) is 37.0 Å². The zero-order valence-corrected chi connectivity index (χ0v) is 12.2. The molecule has 20 heavy (non-hydrogen) atoms. The van der Waals surface area contributed by atoms with Gasteiger partial charge in [-0.1, -0.05) is 6.07 Å². The smallest absolute Gasteiger partial charge is 0.244 e. The predicted molar refractivity (Wildman–Crippen MR) is 71.8 cm³/mol. The van der Waals surface area contributed by atoms with E-state index >= 15 is 0 Å². The number of benzene rings is 1. The van der Waals surface area contributed by atoms with Crippen molar-refractivity contribution in [1.29, 1.82) is 5.26 Å². The molecule has 110 valence electrons. The van der Waals surface area contributed by atoms with Crippen molar-refractivity contribution in [2.24, 2.45) is 0 Å². The molecular formula is C13H17FN2O3S. The molecule has 0 bridgehead atoms. The number of aliphatic hydroxyl groups is 1. The highest BCUT2D eigenvalue weighted by Crippen LogP contribution is 2.23. The Labute approximate surface area is 118 Å². The predicted octanol–water partition coefficient (Wildman–Crippen LogP) is 1.48. The molecule has 0 aliphatic carbocycles. The number of aliphatic hydroxyl groups excluding tert-OH is 1. The van der Waals surface area contributed by atoms with E-state index < -0.39 is 21.4 Å². The van der Waals surface area contributed by atoms with Gasteiger partial charge in [-0.2, -0.15) is 9.57 Å². The molecule has 0 spiro atoms. The molecule has 5 nitrogen and oxygen atoms in total. The van der Waals surface area contributed by atoms with Crippen molar-refractivity contribution in [3.8, 4) is 6.07 Å². The van der Waals surface area contributed by atoms with Gasteiger partial charge in [-0.15, -0.1) is 0 Å². The minimum Gasteiger partial charge on any atom is -0.396 e. The Morgan fingerprint density at radius 3 is 2.60 bits per heavy atom. The van der Waals surface area contributed by atoms with Crippen molar-refractivity contribution in [2.75, 3.05) is 13.2 Å². The van der Waals surface area contributed by atoms with Crippen molar-refractivity contribution in [1.82, 2.24) is 4.31 Å². The minimum atomic E-state index is -3.98. The molecule has 0 saturated carbocycles. The number of sulfonamides is 1. The first-order valence-corrected chi connectivity index (χ1v) is 7.61. The fourth-order valence-corrected chi connectivity index (χ4v) is 3.67. The third-order valence-electron chi connectivity index (χ3n) is 2.79. The van der Waals surface area contributed by atoms with Gasteiger partial charge in [0.15, 0.2) is 0 Å². The van der Waals surface area contributed by atoms with E-state index in [-0.39, 0.29) is 30.5 Å². The molecule has 0 atom stereocenters. The number of hydrogen-bond acceptors (Lipinski definition) is 4. The van der Waals surface area contributed by atoms with Gasteiger partial charge in [0.05, 0.1) is 0 Å². The van der Waals surface area contributed by atoms with Crippen molar-refractivity contribution in [3.63, 3.8) is 0 Å². The topological polar surface area (TPSA) is 81.4 Å². The zero-order valence-electron chi connectivity index (χ0n) is 11.4. The average Bonchev–Trinajstić information content (AvgIpc) is 2.38. The van der Waals surface area contributed by atoms with Gasteiger partial charge in [0.2, 0.25) is 10.0 Å². The summed E-state index contributed by atoms with van der Waals surface area (Å²) >= 11 is 0. The summed E-state index contributed by atoms with van der Waals surface area (Å²) in [6, 6.07) is 4.75. The molecule has 1 rings (SSSR count). The molecule has 0 aliphatic heterocycles. The van der Waals surface area contributed by atoms with E-state index in [9.17, 15) is 12.8 Å². The third kappa shape index (κ3) is 3.33. The minimum absolute atomic E-state index is 0.109. The molecule has 1 aromatic rings. The summed E-state index contributed by atoms with van der Waals surface area (Å²) in [5, 5.41) is 17.8. The van der Waals surface area contributed by atoms with Crippen LogP contribution in [0.2, 0.25) is 0 Å². The molecule has 1 aromatic carbocycles. The highest BCUT2D eigenvalue weighted by molar-refractivity contribution is 7.89. The van der Waals surface area contributed by atoms with Crippen LogP contribution in [0.3, 0.4) is 0 Å². The Hall–Kier alpha value is -1.49. The van der Waals surface area contributed by atoms with Crippen molar-refractivity contribution in [3.05, 3.63) is 29.6 Å². The monoisotopic (exact) mass is 300 g/mol. The van der Waals surface area contributed by atoms with Crippen molar-refractivity contribution < 1.29 is 17.9 Å². The maximum absolute atomic E-state index is 13.6. The molecule has 1 N–H and O–H groups in total. The van der Waals surface area contributed by atoms with Gasteiger partial charge in [-0.25, -0.2) is 12.8 Å². The van der Waals surface area contributed by atoms with E-state index in [1.165, 1.54) is 12.1 Å². The fourth-order valence-electron chi connectivity index (χ4n) is 1.84. The molecular weight excluding hydrogens is 283 g/mol. The molecule has 0 radical (unpaired) electrons. The number of hydrogen-bond donors (Lipinski definition) is 1. The molecule has 0 saturated heterocycles. The average molecular weight is 300 g/mol. The Morgan fingerprint density at radius 2 is 2.10 bits per heavy atom. The number of nitriles is 1. The Balaban J connectivity index is 3.34. The number of nitrogens with zero attached hydrogens (tertiary/aromatic N) is 2. The van der Waals surface area contributed by atoms with Crippen LogP contribution < -0.4 is 0 Å². The Bertz CT molecular complexity index is 609. The second-order valence-corrected chi connectivity index (χ2v) is 6.37. The first-order valence-electron chi connectivity index (χ1n) is 6.17. The lowest BCUT2D eigenvalue weighted by atomic mass is 10.2. The van der Waals surface area contributed by atoms with Gasteiger partial charge >= 0.3 is 0 Å². The van der Waals surface area contributed by atoms with Crippen molar-refractivity contribution in [2.45, 2.75) is 31.2 Å². The summed E-state index contributed by atoms with van der Waals surface area (Å²) in [5.41, 5.74) is -0.484. The number of rotatable bonds is 6. The largest absolute Gasteiger partial charge is 0.396 e. The molecule has 0 amide bonds. The van der Waals surface area contributed by atoms with Crippen LogP contribution in [-0.2, 0) is 10.0 Å². The summed E-state index contributed by atoms with van der Waals surface area (Å²) in [6.45, 7) is 3.32. The van der Waals surface area contributed by atoms with Gasteiger partial charge in [0.1, 0.15) is 22.3 Å². The quantitative estimate of drug-likeness (QED) is 0.862. The summed E-state index contributed by atoms with van der Waals surface area (Å²) in [5.74, 6) is -0.862. The summed E-state index contributed by atoms with van der Waals surface area (Å²) in [4.78, 5) is -0.341. The fraction of sp³-hybridized carbons (Fsp3) is 0.462. The lowest BCUT2D eigenvalue weighted by molar-refractivity contribution is 0.258. The lowest BCUT2D eigenvalue weighted by Crippen LogP contribution is -2.38. The molecule has 0 heterocycles. The Morgan fingerprint density at radius 1 is 1.45 bits per heavy atom. The van der Waals surface area contributed by atoms with E-state index in [2.05, 4.69) is 0 Å². The summed E-state index contributed by atoms with van der Waals surface area (Å²) in [7, 11) is -3.98. The van der Waals surface area contributed by atoms with Gasteiger partial charge in [-0.05, 0) is 32.4 Å². The van der Waals surface area contributed by atoms with Crippen LogP contribution in [0.25, 0.3) is 0 Å². The van der Waals surface area contributed by atoms with Crippen LogP contribution in [0.1, 0.15) is 25.8 Å². The molecule has 0 aliphatic rings. The second kappa shape index (κ2) is 6.79. The van der Waals surface area contributed by atoms with E-state index in [0.29, 0.717) is 0 Å². The van der Waals surface area contributed by atoms with Gasteiger partial charge in [-0.3, -0.25) is 0 Å². The van der Waals surface area contributed by atoms with Crippen LogP contribution in [0.4, 0.5) is 4.39 Å². The first kappa shape index (κ1) is 16.6. The lowest BCUT2D eigenvalue weighted by Gasteiger charge is -2.26. The standard InChI is InChI=1S/C13H17FN2O3S/c1-10(2)16(7-4-8-17)20(18,19)13-6-3-5-12(14)11(13)9-15/h3,5-6,10,17H,4,7-8H2,1-2H3. The van der Waals surface area contributed by atoms with Gasteiger partial charge < -0.3 is 5.11 Å². The van der Waals surface area contributed by atoms with E-state index in [0.717, 1.165) is 10.4 Å². The maximum Gasteiger partial charge on any atom is 0.244 e. The van der Waals surface area contributed by atoms with Crippen LogP contribution in [0.15, 0.2) is 23.1 Å². The third-order valence-corrected chi connectivity index (χ3v) is 4.90. The summed E-state index contributed by atoms with van der Waals surface area (Å²) < 4.78 is 39.8. The van der Waals surface area contributed by atoms with Gasteiger partial charge in [0.25, 0.3) is 0 Å². The SMILES string of the molecule is CC(C)N(CCCO)S(=O)(=O)c1cccc(F)c1C#N. The number of halogens is 1. The van der Waals surface area contributed by atoms with Crippen LogP contribution in [0.5, 0.6) is 0 Å². The maximum atomic E-state index is 13.6. The van der Waals surface area contributed by atoms with Crippen molar-refractivity contribution >= 4 is 10.0 Å². The van der Waals surface area contributed by atoms with E-state index in [4.69, 9.17) is 10.4 Å². The van der Waals surface area contributed by atoms with E-state index in [1.54, 1.807) is 19.9 Å². The van der Waals surface area contributed by atoms with Crippen LogP contribution >= 0.6 is 0 Å². The summed E-state index contributed by atoms with van der Waals surface area (Å²) in [6.07, 6.45) is 0.272.